The zero-order chi connectivity index (χ0) is 18.8. The highest BCUT2D eigenvalue weighted by atomic mass is 79.9. The van der Waals surface area contributed by atoms with Crippen LogP contribution in [0.2, 0.25) is 0 Å². The molecule has 0 aliphatic heterocycles. The summed E-state index contributed by atoms with van der Waals surface area (Å²) < 4.78 is 14.5. The highest BCUT2D eigenvalue weighted by Gasteiger charge is 2.21. The van der Waals surface area contributed by atoms with Crippen LogP contribution in [0, 0.1) is 6.92 Å². The summed E-state index contributed by atoms with van der Waals surface area (Å²) in [7, 11) is 3.64. The Bertz CT molecular complexity index is 932. The first kappa shape index (κ1) is 18.7. The van der Waals surface area contributed by atoms with Crippen molar-refractivity contribution in [2.24, 2.45) is 7.05 Å². The van der Waals surface area contributed by atoms with Crippen LogP contribution in [0.25, 0.3) is 11.0 Å². The highest BCUT2D eigenvalue weighted by Crippen LogP contribution is 2.37. The van der Waals surface area contributed by atoms with Gasteiger partial charge in [0, 0.05) is 23.3 Å². The van der Waals surface area contributed by atoms with Crippen molar-refractivity contribution in [2.75, 3.05) is 7.11 Å². The Morgan fingerprint density at radius 2 is 1.96 bits per heavy atom. The molecule has 3 rings (SSSR count). The second-order valence-electron chi connectivity index (χ2n) is 6.40. The van der Waals surface area contributed by atoms with Crippen LogP contribution in [0.4, 0.5) is 0 Å². The van der Waals surface area contributed by atoms with E-state index in [1.807, 2.05) is 30.7 Å². The maximum Gasteiger partial charge on any atom is 0.304 e. The molecule has 3 aromatic rings. The minimum atomic E-state index is 0.471. The fourth-order valence-electron chi connectivity index (χ4n) is 3.34. The quantitative estimate of drug-likeness (QED) is 0.512. The minimum absolute atomic E-state index is 0.471. The highest BCUT2D eigenvalue weighted by molar-refractivity contribution is 9.10. The van der Waals surface area contributed by atoms with Gasteiger partial charge in [-0.15, -0.1) is 0 Å². The van der Waals surface area contributed by atoms with Crippen LogP contribution in [0.3, 0.4) is 0 Å². The fraction of sp³-hybridized carbons (Fsp3) is 0.400. The zero-order valence-electron chi connectivity index (χ0n) is 15.8. The minimum Gasteiger partial charge on any atom is -0.494 e. The van der Waals surface area contributed by atoms with Crippen LogP contribution in [0.5, 0.6) is 17.6 Å². The Kier molecular flexibility index (Phi) is 5.51. The molecule has 0 aliphatic rings. The Hall–Kier alpha value is -2.08. The second-order valence-corrected chi connectivity index (χ2v) is 7.31. The average molecular weight is 418 g/mol. The molecule has 0 amide bonds. The molecule has 6 heteroatoms. The summed E-state index contributed by atoms with van der Waals surface area (Å²) in [5.74, 6) is 1.77. The normalized spacial score (nSPS) is 11.3. The van der Waals surface area contributed by atoms with Crippen LogP contribution in [-0.4, -0.2) is 21.6 Å². The Morgan fingerprint density at radius 3 is 2.58 bits per heavy atom. The zero-order valence-corrected chi connectivity index (χ0v) is 17.4. The number of aromatic nitrogens is 3. The number of hydrogen-bond acceptors (Lipinski definition) is 4. The Balaban J connectivity index is 2.15. The summed E-state index contributed by atoms with van der Waals surface area (Å²) in [4.78, 5) is 9.08. The SMILES string of the molecule is CCC(CC)c1ccc(OC)c2nc(Oc3ncc(Br)cc3C)n(C)c12. The van der Waals surface area contributed by atoms with E-state index in [4.69, 9.17) is 14.5 Å². The molecule has 0 spiro atoms. The molecule has 0 bridgehead atoms. The summed E-state index contributed by atoms with van der Waals surface area (Å²) in [6, 6.07) is 6.62. The third-order valence-electron chi connectivity index (χ3n) is 4.81. The maximum absolute atomic E-state index is 6.05. The lowest BCUT2D eigenvalue weighted by Gasteiger charge is -2.16. The van der Waals surface area contributed by atoms with E-state index in [9.17, 15) is 0 Å². The number of methoxy groups -OCH3 is 1. The van der Waals surface area contributed by atoms with Crippen LogP contribution >= 0.6 is 15.9 Å². The summed E-state index contributed by atoms with van der Waals surface area (Å²) in [6.07, 6.45) is 3.88. The molecule has 2 aromatic heterocycles. The Morgan fingerprint density at radius 1 is 1.23 bits per heavy atom. The standard InChI is InChI=1S/C20H24BrN3O2/c1-6-13(7-2)15-8-9-16(25-5)17-18(15)24(4)20(23-17)26-19-12(3)10-14(21)11-22-19/h8-11,13H,6-7H2,1-5H3. The van der Waals surface area contributed by atoms with Gasteiger partial charge in [-0.3, -0.25) is 4.57 Å². The van der Waals surface area contributed by atoms with Gasteiger partial charge in [-0.2, -0.15) is 4.98 Å². The number of rotatable bonds is 6. The second kappa shape index (κ2) is 7.66. The molecular weight excluding hydrogens is 394 g/mol. The first-order chi connectivity index (χ1) is 12.5. The van der Waals surface area contributed by atoms with E-state index in [-0.39, 0.29) is 0 Å². The van der Waals surface area contributed by atoms with E-state index < -0.39 is 0 Å². The van der Waals surface area contributed by atoms with Crippen LogP contribution in [0.15, 0.2) is 28.9 Å². The van der Waals surface area contributed by atoms with Crippen molar-refractivity contribution < 1.29 is 9.47 Å². The van der Waals surface area contributed by atoms with Crippen molar-refractivity contribution in [3.63, 3.8) is 0 Å². The lowest BCUT2D eigenvalue weighted by Crippen LogP contribution is -2.02. The van der Waals surface area contributed by atoms with E-state index in [0.29, 0.717) is 17.8 Å². The number of benzene rings is 1. The van der Waals surface area contributed by atoms with Gasteiger partial charge in [0.1, 0.15) is 11.3 Å². The van der Waals surface area contributed by atoms with Gasteiger partial charge >= 0.3 is 6.01 Å². The van der Waals surface area contributed by atoms with Crippen molar-refractivity contribution in [1.82, 2.24) is 14.5 Å². The number of hydrogen-bond donors (Lipinski definition) is 0. The van der Waals surface area contributed by atoms with Crippen molar-refractivity contribution in [3.05, 3.63) is 40.0 Å². The van der Waals surface area contributed by atoms with Crippen molar-refractivity contribution in [3.8, 4) is 17.6 Å². The predicted octanol–water partition coefficient (Wildman–Crippen LogP) is 5.74. The molecule has 0 saturated carbocycles. The number of aryl methyl sites for hydroxylation is 2. The molecule has 0 radical (unpaired) electrons. The molecule has 5 nitrogen and oxygen atoms in total. The molecule has 0 unspecified atom stereocenters. The average Bonchev–Trinajstić information content (AvgIpc) is 2.95. The fourth-order valence-corrected chi connectivity index (χ4v) is 3.78. The molecule has 0 aliphatic carbocycles. The smallest absolute Gasteiger partial charge is 0.304 e. The number of halogens is 1. The predicted molar refractivity (Wildman–Crippen MR) is 107 cm³/mol. The molecule has 2 heterocycles. The van der Waals surface area contributed by atoms with Crippen LogP contribution in [0.1, 0.15) is 43.7 Å². The van der Waals surface area contributed by atoms with Gasteiger partial charge in [0.25, 0.3) is 0 Å². The van der Waals surface area contributed by atoms with E-state index >= 15 is 0 Å². The summed E-state index contributed by atoms with van der Waals surface area (Å²) in [5, 5.41) is 0. The largest absolute Gasteiger partial charge is 0.494 e. The van der Waals surface area contributed by atoms with E-state index in [2.05, 4.69) is 40.8 Å². The molecule has 0 atom stereocenters. The monoisotopic (exact) mass is 417 g/mol. The van der Waals surface area contributed by atoms with E-state index in [1.54, 1.807) is 13.3 Å². The van der Waals surface area contributed by atoms with Gasteiger partial charge in [0.05, 0.1) is 12.6 Å². The summed E-state index contributed by atoms with van der Waals surface area (Å²) in [5.41, 5.74) is 4.10. The van der Waals surface area contributed by atoms with Gasteiger partial charge in [0.15, 0.2) is 0 Å². The molecule has 26 heavy (non-hydrogen) atoms. The third kappa shape index (κ3) is 3.30. The van der Waals surface area contributed by atoms with Crippen molar-refractivity contribution >= 4 is 27.0 Å². The molecule has 0 N–H and O–H groups in total. The molecular formula is C20H24BrN3O2. The molecule has 0 saturated heterocycles. The topological polar surface area (TPSA) is 49.2 Å². The summed E-state index contributed by atoms with van der Waals surface area (Å²) >= 11 is 3.43. The van der Waals surface area contributed by atoms with Crippen LogP contribution < -0.4 is 9.47 Å². The molecule has 138 valence electrons. The Labute approximate surface area is 162 Å². The lowest BCUT2D eigenvalue weighted by molar-refractivity contribution is 0.406. The van der Waals surface area contributed by atoms with Crippen molar-refractivity contribution in [2.45, 2.75) is 39.5 Å². The molecule has 1 aromatic carbocycles. The van der Waals surface area contributed by atoms with Gasteiger partial charge in [0.2, 0.25) is 5.88 Å². The van der Waals surface area contributed by atoms with Gasteiger partial charge in [-0.25, -0.2) is 4.98 Å². The third-order valence-corrected chi connectivity index (χ3v) is 5.24. The van der Waals surface area contributed by atoms with Crippen molar-refractivity contribution in [1.29, 1.82) is 0 Å². The van der Waals surface area contributed by atoms with Gasteiger partial charge in [-0.1, -0.05) is 19.9 Å². The number of nitrogens with zero attached hydrogens (tertiary/aromatic N) is 3. The first-order valence-corrected chi connectivity index (χ1v) is 9.62. The lowest BCUT2D eigenvalue weighted by atomic mass is 9.92. The van der Waals surface area contributed by atoms with E-state index in [0.717, 1.165) is 39.7 Å². The van der Waals surface area contributed by atoms with E-state index in [1.165, 1.54) is 5.56 Å². The summed E-state index contributed by atoms with van der Waals surface area (Å²) in [6.45, 7) is 6.40. The van der Waals surface area contributed by atoms with Crippen LogP contribution in [-0.2, 0) is 7.05 Å². The number of fused-ring (bicyclic) bond motifs is 1. The maximum atomic E-state index is 6.05. The van der Waals surface area contributed by atoms with Gasteiger partial charge < -0.3 is 9.47 Å². The number of imidazole rings is 1. The number of pyridine rings is 1. The number of ether oxygens (including phenoxy) is 2. The van der Waals surface area contributed by atoms with Gasteiger partial charge in [-0.05, 0) is 59.3 Å². The first-order valence-electron chi connectivity index (χ1n) is 8.83. The molecule has 0 fully saturated rings.